The first kappa shape index (κ1) is 27.6. The van der Waals surface area contributed by atoms with Gasteiger partial charge in [0.2, 0.25) is 12.6 Å². The highest BCUT2D eigenvalue weighted by Gasteiger charge is 2.16. The van der Waals surface area contributed by atoms with E-state index in [-0.39, 0.29) is 25.7 Å². The standard InChI is InChI=1S/C27H32O8/c1-20(34-26(30)18-22-12-6-3-7-13-22)32-24(28)16-10-5-11-17-25(29)33-21(2)35-27(31)19-23-14-8-4-9-15-23/h3-4,6-9,12-15,20-21H,5,10-11,16-19H2,1-2H3. The number of hydrogen-bond acceptors (Lipinski definition) is 8. The van der Waals surface area contributed by atoms with Gasteiger partial charge < -0.3 is 18.9 Å². The first-order chi connectivity index (χ1) is 16.8. The fourth-order valence-electron chi connectivity index (χ4n) is 3.23. The molecule has 0 saturated carbocycles. The van der Waals surface area contributed by atoms with Crippen molar-refractivity contribution in [3.63, 3.8) is 0 Å². The lowest BCUT2D eigenvalue weighted by Gasteiger charge is -2.14. The summed E-state index contributed by atoms with van der Waals surface area (Å²) >= 11 is 0. The van der Waals surface area contributed by atoms with Gasteiger partial charge in [0.15, 0.2) is 0 Å². The molecule has 0 bridgehead atoms. The van der Waals surface area contributed by atoms with Crippen LogP contribution in [0.2, 0.25) is 0 Å². The molecule has 0 aliphatic heterocycles. The van der Waals surface area contributed by atoms with Crippen LogP contribution in [0.3, 0.4) is 0 Å². The quantitative estimate of drug-likeness (QED) is 0.222. The molecule has 0 aliphatic carbocycles. The second kappa shape index (κ2) is 15.3. The maximum absolute atomic E-state index is 11.9. The van der Waals surface area contributed by atoms with Crippen molar-refractivity contribution in [1.29, 1.82) is 0 Å². The molecule has 0 fully saturated rings. The van der Waals surface area contributed by atoms with Crippen LogP contribution in [0.25, 0.3) is 0 Å². The smallest absolute Gasteiger partial charge is 0.313 e. The minimum Gasteiger partial charge on any atom is -0.425 e. The highest BCUT2D eigenvalue weighted by molar-refractivity contribution is 5.74. The summed E-state index contributed by atoms with van der Waals surface area (Å²) < 4.78 is 20.4. The molecule has 2 unspecified atom stereocenters. The van der Waals surface area contributed by atoms with Crippen molar-refractivity contribution in [3.05, 3.63) is 71.8 Å². The van der Waals surface area contributed by atoms with Gasteiger partial charge in [-0.1, -0.05) is 67.1 Å². The Morgan fingerprint density at radius 3 is 1.26 bits per heavy atom. The fourth-order valence-corrected chi connectivity index (χ4v) is 3.23. The van der Waals surface area contributed by atoms with Gasteiger partial charge in [0.05, 0.1) is 12.8 Å². The number of esters is 4. The third-order valence-corrected chi connectivity index (χ3v) is 4.83. The van der Waals surface area contributed by atoms with E-state index in [1.807, 2.05) is 60.7 Å². The number of unbranched alkanes of at least 4 members (excludes halogenated alkanes) is 2. The van der Waals surface area contributed by atoms with E-state index in [2.05, 4.69) is 0 Å². The van der Waals surface area contributed by atoms with Crippen molar-refractivity contribution in [2.45, 2.75) is 71.4 Å². The summed E-state index contributed by atoms with van der Waals surface area (Å²) in [7, 11) is 0. The van der Waals surface area contributed by atoms with Gasteiger partial charge in [-0.3, -0.25) is 19.2 Å². The summed E-state index contributed by atoms with van der Waals surface area (Å²) in [6.07, 6.45) is 0.171. The zero-order valence-corrected chi connectivity index (χ0v) is 20.1. The molecule has 0 saturated heterocycles. The van der Waals surface area contributed by atoms with Crippen molar-refractivity contribution in [2.24, 2.45) is 0 Å². The van der Waals surface area contributed by atoms with Gasteiger partial charge in [-0.25, -0.2) is 0 Å². The highest BCUT2D eigenvalue weighted by atomic mass is 16.7. The lowest BCUT2D eigenvalue weighted by molar-refractivity contribution is -0.185. The molecule has 2 aromatic rings. The molecular formula is C27H32O8. The van der Waals surface area contributed by atoms with Crippen LogP contribution < -0.4 is 0 Å². The summed E-state index contributed by atoms with van der Waals surface area (Å²) in [6, 6.07) is 18.3. The minimum absolute atomic E-state index is 0.101. The molecule has 188 valence electrons. The Labute approximate surface area is 205 Å². The fraction of sp³-hybridized carbons (Fsp3) is 0.407. The second-order valence-corrected chi connectivity index (χ2v) is 7.98. The van der Waals surface area contributed by atoms with Crippen LogP contribution in [0.1, 0.15) is 57.1 Å². The summed E-state index contributed by atoms with van der Waals surface area (Å²) in [4.78, 5) is 47.6. The van der Waals surface area contributed by atoms with Crippen molar-refractivity contribution in [2.75, 3.05) is 0 Å². The van der Waals surface area contributed by atoms with Crippen molar-refractivity contribution in [3.8, 4) is 0 Å². The largest absolute Gasteiger partial charge is 0.425 e. The Morgan fingerprint density at radius 1 is 0.543 bits per heavy atom. The normalized spacial score (nSPS) is 12.2. The molecule has 8 nitrogen and oxygen atoms in total. The molecule has 2 aromatic carbocycles. The van der Waals surface area contributed by atoms with E-state index in [1.165, 1.54) is 13.8 Å². The van der Waals surface area contributed by atoms with Crippen LogP contribution in [0.4, 0.5) is 0 Å². The Balaban J connectivity index is 1.51. The number of carbonyl (C=O) groups is 4. The molecule has 0 amide bonds. The first-order valence-electron chi connectivity index (χ1n) is 11.7. The average molecular weight is 485 g/mol. The molecular weight excluding hydrogens is 452 g/mol. The number of carbonyl (C=O) groups excluding carboxylic acids is 4. The van der Waals surface area contributed by atoms with Crippen LogP contribution >= 0.6 is 0 Å². The monoisotopic (exact) mass is 484 g/mol. The van der Waals surface area contributed by atoms with Gasteiger partial charge in [-0.05, 0) is 24.0 Å². The zero-order chi connectivity index (χ0) is 25.5. The minimum atomic E-state index is -0.972. The summed E-state index contributed by atoms with van der Waals surface area (Å²) in [5.41, 5.74) is 1.63. The van der Waals surface area contributed by atoms with Crippen LogP contribution in [-0.2, 0) is 51.0 Å². The predicted octanol–water partition coefficient (Wildman–Crippen LogP) is 4.29. The molecule has 35 heavy (non-hydrogen) atoms. The molecule has 0 spiro atoms. The van der Waals surface area contributed by atoms with Crippen LogP contribution in [-0.4, -0.2) is 36.5 Å². The number of benzene rings is 2. The van der Waals surface area contributed by atoms with E-state index in [1.54, 1.807) is 0 Å². The second-order valence-electron chi connectivity index (χ2n) is 7.98. The van der Waals surface area contributed by atoms with E-state index < -0.39 is 36.5 Å². The Morgan fingerprint density at radius 2 is 0.886 bits per heavy atom. The average Bonchev–Trinajstić information content (AvgIpc) is 2.79. The Hall–Kier alpha value is -3.68. The summed E-state index contributed by atoms with van der Waals surface area (Å²) in [5.74, 6) is -1.91. The van der Waals surface area contributed by atoms with Gasteiger partial charge in [0.1, 0.15) is 0 Å². The molecule has 2 atom stereocenters. The van der Waals surface area contributed by atoms with E-state index in [4.69, 9.17) is 18.9 Å². The third-order valence-electron chi connectivity index (χ3n) is 4.83. The lowest BCUT2D eigenvalue weighted by atomic mass is 10.1. The molecule has 2 rings (SSSR count). The van der Waals surface area contributed by atoms with Crippen LogP contribution in [0, 0.1) is 0 Å². The van der Waals surface area contributed by atoms with E-state index in [0.717, 1.165) is 11.1 Å². The lowest BCUT2D eigenvalue weighted by Crippen LogP contribution is -2.23. The molecule has 0 aromatic heterocycles. The van der Waals surface area contributed by atoms with E-state index >= 15 is 0 Å². The first-order valence-corrected chi connectivity index (χ1v) is 11.7. The van der Waals surface area contributed by atoms with E-state index in [0.29, 0.717) is 19.3 Å². The molecule has 0 N–H and O–H groups in total. The maximum Gasteiger partial charge on any atom is 0.313 e. The third kappa shape index (κ3) is 12.4. The van der Waals surface area contributed by atoms with Gasteiger partial charge in [0, 0.05) is 26.7 Å². The van der Waals surface area contributed by atoms with Crippen LogP contribution in [0.5, 0.6) is 0 Å². The van der Waals surface area contributed by atoms with Gasteiger partial charge in [-0.15, -0.1) is 0 Å². The van der Waals surface area contributed by atoms with Gasteiger partial charge in [-0.2, -0.15) is 0 Å². The number of rotatable bonds is 14. The topological polar surface area (TPSA) is 105 Å². The Kier molecular flexibility index (Phi) is 12.0. The van der Waals surface area contributed by atoms with Crippen LogP contribution in [0.15, 0.2) is 60.7 Å². The highest BCUT2D eigenvalue weighted by Crippen LogP contribution is 2.10. The van der Waals surface area contributed by atoms with Gasteiger partial charge >= 0.3 is 23.9 Å². The van der Waals surface area contributed by atoms with Crippen molar-refractivity contribution >= 4 is 23.9 Å². The number of ether oxygens (including phenoxy) is 4. The SMILES string of the molecule is CC(OC(=O)CCCCCC(=O)OC(C)OC(=O)Cc1ccccc1)OC(=O)Cc1ccccc1. The van der Waals surface area contributed by atoms with Gasteiger partial charge in [0.25, 0.3) is 0 Å². The Bertz CT molecular complexity index is 865. The maximum atomic E-state index is 11.9. The summed E-state index contributed by atoms with van der Waals surface area (Å²) in [6.45, 7) is 2.98. The number of hydrogen-bond donors (Lipinski definition) is 0. The predicted molar refractivity (Wildman–Crippen MR) is 127 cm³/mol. The van der Waals surface area contributed by atoms with Crippen molar-refractivity contribution < 1.29 is 38.1 Å². The van der Waals surface area contributed by atoms with E-state index in [9.17, 15) is 19.2 Å². The van der Waals surface area contributed by atoms with Crippen molar-refractivity contribution in [1.82, 2.24) is 0 Å². The molecule has 0 radical (unpaired) electrons. The zero-order valence-electron chi connectivity index (χ0n) is 20.1. The summed E-state index contributed by atoms with van der Waals surface area (Å²) in [5, 5.41) is 0. The molecule has 8 heteroatoms. The molecule has 0 aliphatic rings. The molecule has 0 heterocycles.